The second-order valence-corrected chi connectivity index (χ2v) is 11.1. The number of hydrogen-bond acceptors (Lipinski definition) is 7. The van der Waals surface area contributed by atoms with Crippen LogP contribution in [0.3, 0.4) is 0 Å². The average Bonchev–Trinajstić information content (AvgIpc) is 3.58. The molecule has 2 aliphatic heterocycles. The second kappa shape index (κ2) is 11.6. The number of carbonyl (C=O) groups is 1. The number of amides is 1. The van der Waals surface area contributed by atoms with E-state index in [9.17, 15) is 9.59 Å². The molecule has 2 aliphatic rings. The quantitative estimate of drug-likeness (QED) is 0.344. The molecule has 0 saturated carbocycles. The molecule has 0 spiro atoms. The van der Waals surface area contributed by atoms with Gasteiger partial charge in [0.25, 0.3) is 11.5 Å². The van der Waals surface area contributed by atoms with Gasteiger partial charge in [-0.15, -0.1) is 0 Å². The van der Waals surface area contributed by atoms with Gasteiger partial charge >= 0.3 is 0 Å². The number of hydrogen-bond donors (Lipinski definition) is 1. The lowest BCUT2D eigenvalue weighted by Crippen LogP contribution is -2.40. The lowest BCUT2D eigenvalue weighted by atomic mass is 9.95. The molecule has 1 N–H and O–H groups in total. The molecule has 210 valence electrons. The second-order valence-electron chi connectivity index (χ2n) is 10.1. The molecule has 4 heterocycles. The molecule has 0 unspecified atom stereocenters. The van der Waals surface area contributed by atoms with E-state index in [0.29, 0.717) is 38.7 Å². The largest absolute Gasteiger partial charge is 0.494 e. The number of carbonyl (C=O) groups excluding carboxylic acids is 1. The molecule has 0 bridgehead atoms. The van der Waals surface area contributed by atoms with Gasteiger partial charge in [0.1, 0.15) is 11.5 Å². The minimum Gasteiger partial charge on any atom is -0.494 e. The van der Waals surface area contributed by atoms with E-state index in [0.717, 1.165) is 43.1 Å². The van der Waals surface area contributed by atoms with E-state index in [1.54, 1.807) is 10.6 Å². The van der Waals surface area contributed by atoms with Gasteiger partial charge in [-0.05, 0) is 69.0 Å². The first-order valence-corrected chi connectivity index (χ1v) is 14.8. The van der Waals surface area contributed by atoms with Crippen LogP contribution in [0.15, 0.2) is 92.2 Å². The lowest BCUT2D eigenvalue weighted by molar-refractivity contribution is -0.113. The molecule has 1 fully saturated rings. The predicted octanol–water partition coefficient (Wildman–Crippen LogP) is 4.86. The van der Waals surface area contributed by atoms with Gasteiger partial charge in [-0.25, -0.2) is 4.99 Å². The van der Waals surface area contributed by atoms with Crippen LogP contribution in [0.5, 0.6) is 5.75 Å². The summed E-state index contributed by atoms with van der Waals surface area (Å²) in [5.74, 6) is 1.86. The molecule has 0 radical (unpaired) electrons. The lowest BCUT2D eigenvalue weighted by Gasteiger charge is -2.25. The maximum absolute atomic E-state index is 14.0. The average molecular weight is 569 g/mol. The molecular formula is C32H32N4O4S. The Hall–Kier alpha value is -4.37. The van der Waals surface area contributed by atoms with Crippen LogP contribution in [0.25, 0.3) is 6.08 Å². The highest BCUT2D eigenvalue weighted by Crippen LogP contribution is 2.32. The molecule has 6 rings (SSSR count). The zero-order valence-electron chi connectivity index (χ0n) is 23.1. The zero-order valence-corrected chi connectivity index (χ0v) is 23.9. The number of benzene rings is 2. The number of rotatable bonds is 7. The molecule has 2 aromatic heterocycles. The highest BCUT2D eigenvalue weighted by atomic mass is 32.1. The van der Waals surface area contributed by atoms with E-state index in [2.05, 4.69) is 10.2 Å². The minimum atomic E-state index is -0.659. The number of para-hydroxylation sites is 1. The van der Waals surface area contributed by atoms with Crippen molar-refractivity contribution >= 4 is 34.9 Å². The molecule has 4 aromatic rings. The summed E-state index contributed by atoms with van der Waals surface area (Å²) in [4.78, 5) is 35.2. The molecule has 9 heteroatoms. The first-order chi connectivity index (χ1) is 20.0. The Balaban J connectivity index is 1.42. The number of thiazole rings is 1. The Morgan fingerprint density at radius 2 is 1.83 bits per heavy atom. The highest BCUT2D eigenvalue weighted by Gasteiger charge is 2.32. The van der Waals surface area contributed by atoms with E-state index < -0.39 is 6.04 Å². The molecule has 1 amide bonds. The maximum atomic E-state index is 14.0. The first-order valence-electron chi connectivity index (χ1n) is 14.0. The molecule has 0 aliphatic carbocycles. The third-order valence-corrected chi connectivity index (χ3v) is 8.34. The van der Waals surface area contributed by atoms with E-state index in [1.165, 1.54) is 17.8 Å². The van der Waals surface area contributed by atoms with Crippen LogP contribution in [0.4, 0.5) is 11.6 Å². The smallest absolute Gasteiger partial charge is 0.271 e. The topological polar surface area (TPSA) is 89.1 Å². The third-order valence-electron chi connectivity index (χ3n) is 7.36. The number of aromatic nitrogens is 1. The van der Waals surface area contributed by atoms with Crippen molar-refractivity contribution in [3.63, 3.8) is 0 Å². The number of furan rings is 1. The molecule has 1 saturated heterocycles. The Labute approximate surface area is 241 Å². The van der Waals surface area contributed by atoms with Crippen LogP contribution < -0.4 is 29.8 Å². The SMILES string of the molecule is CCOc1ccc([C@H]2C(C(=O)Nc3ccccc3)=C(C)N=c3s/c(=C\c4ccc(N5CCCCC5)o4)c(=O)n32)cc1. The van der Waals surface area contributed by atoms with Crippen LogP contribution in [-0.2, 0) is 4.79 Å². The van der Waals surface area contributed by atoms with E-state index >= 15 is 0 Å². The predicted molar refractivity (Wildman–Crippen MR) is 161 cm³/mol. The van der Waals surface area contributed by atoms with Gasteiger partial charge in [0.2, 0.25) is 0 Å². The maximum Gasteiger partial charge on any atom is 0.271 e. The van der Waals surface area contributed by atoms with Crippen molar-refractivity contribution in [3.8, 4) is 5.75 Å². The summed E-state index contributed by atoms with van der Waals surface area (Å²) in [5, 5.41) is 2.98. The van der Waals surface area contributed by atoms with Gasteiger partial charge in [-0.3, -0.25) is 14.2 Å². The van der Waals surface area contributed by atoms with Gasteiger partial charge in [-0.1, -0.05) is 41.7 Å². The molecule has 2 aromatic carbocycles. The third kappa shape index (κ3) is 5.50. The van der Waals surface area contributed by atoms with Crippen molar-refractivity contribution < 1.29 is 13.9 Å². The number of nitrogens with one attached hydrogen (secondary N) is 1. The number of allylic oxidation sites excluding steroid dienone is 1. The Morgan fingerprint density at radius 1 is 1.07 bits per heavy atom. The summed E-state index contributed by atoms with van der Waals surface area (Å²) in [5.41, 5.74) is 2.22. The molecular weight excluding hydrogens is 536 g/mol. The molecule has 8 nitrogen and oxygen atoms in total. The van der Waals surface area contributed by atoms with Crippen molar-refractivity contribution in [3.05, 3.63) is 109 Å². The standard InChI is InChI=1S/C32H32N4O4S/c1-3-39-24-14-12-22(13-15-24)29-28(30(37)34-23-10-6-4-7-11-23)21(2)33-32-36(29)31(38)26(41-32)20-25-16-17-27(40-25)35-18-8-5-9-19-35/h4,6-7,10-17,20,29H,3,5,8-9,18-19H2,1-2H3,(H,34,37)/b26-20-/t29-/m0/s1. The number of fused-ring (bicyclic) bond motifs is 1. The minimum absolute atomic E-state index is 0.221. The van der Waals surface area contributed by atoms with Crippen molar-refractivity contribution in [1.29, 1.82) is 0 Å². The zero-order chi connectivity index (χ0) is 28.3. The Kier molecular flexibility index (Phi) is 7.61. The normalized spacial score (nSPS) is 17.3. The Morgan fingerprint density at radius 3 is 2.56 bits per heavy atom. The van der Waals surface area contributed by atoms with Crippen LogP contribution >= 0.6 is 11.3 Å². The van der Waals surface area contributed by atoms with E-state index in [1.807, 2.05) is 80.6 Å². The van der Waals surface area contributed by atoms with Gasteiger partial charge in [0.15, 0.2) is 10.7 Å². The molecule has 1 atom stereocenters. The van der Waals surface area contributed by atoms with Crippen LogP contribution in [0, 0.1) is 0 Å². The number of nitrogens with zero attached hydrogens (tertiary/aromatic N) is 3. The highest BCUT2D eigenvalue weighted by molar-refractivity contribution is 7.07. The summed E-state index contributed by atoms with van der Waals surface area (Å²) >= 11 is 1.30. The fourth-order valence-corrected chi connectivity index (χ4v) is 6.42. The van der Waals surface area contributed by atoms with Gasteiger partial charge in [-0.2, -0.15) is 0 Å². The van der Waals surface area contributed by atoms with Gasteiger partial charge < -0.3 is 19.4 Å². The van der Waals surface area contributed by atoms with Crippen LogP contribution in [0.1, 0.15) is 50.5 Å². The molecule has 41 heavy (non-hydrogen) atoms. The Bertz CT molecular complexity index is 1760. The summed E-state index contributed by atoms with van der Waals surface area (Å²) in [6, 6.07) is 20.0. The van der Waals surface area contributed by atoms with Gasteiger partial charge in [0.05, 0.1) is 28.5 Å². The van der Waals surface area contributed by atoms with Crippen molar-refractivity contribution in [2.75, 3.05) is 29.9 Å². The summed E-state index contributed by atoms with van der Waals surface area (Å²) < 4.78 is 13.9. The van der Waals surface area contributed by atoms with Crippen LogP contribution in [0.2, 0.25) is 0 Å². The van der Waals surface area contributed by atoms with E-state index in [-0.39, 0.29) is 11.5 Å². The van der Waals surface area contributed by atoms with Crippen LogP contribution in [-0.4, -0.2) is 30.2 Å². The fraction of sp³-hybridized carbons (Fsp3) is 0.281. The summed E-state index contributed by atoms with van der Waals surface area (Å²) in [6.07, 6.45) is 5.32. The number of piperidine rings is 1. The van der Waals surface area contributed by atoms with Crippen molar-refractivity contribution in [2.45, 2.75) is 39.2 Å². The first kappa shape index (κ1) is 26.8. The van der Waals surface area contributed by atoms with Crippen molar-refractivity contribution in [2.24, 2.45) is 4.99 Å². The fourth-order valence-electron chi connectivity index (χ4n) is 5.39. The summed E-state index contributed by atoms with van der Waals surface area (Å²) in [6.45, 7) is 6.24. The van der Waals surface area contributed by atoms with Crippen molar-refractivity contribution in [1.82, 2.24) is 4.57 Å². The number of anilines is 2. The van der Waals surface area contributed by atoms with Gasteiger partial charge in [0, 0.05) is 30.9 Å². The summed E-state index contributed by atoms with van der Waals surface area (Å²) in [7, 11) is 0. The monoisotopic (exact) mass is 568 g/mol. The number of ether oxygens (including phenoxy) is 1. The van der Waals surface area contributed by atoms with E-state index in [4.69, 9.17) is 14.1 Å².